The highest BCUT2D eigenvalue weighted by molar-refractivity contribution is 7.26. The van der Waals surface area contributed by atoms with Crippen LogP contribution in [-0.4, -0.2) is 20.3 Å². The van der Waals surface area contributed by atoms with Gasteiger partial charge in [0.1, 0.15) is 0 Å². The topological polar surface area (TPSA) is 43.4 Å². The zero-order valence-electron chi connectivity index (χ0n) is 34.4. The first-order valence-electron chi connectivity index (χ1n) is 19.8. The molecule has 8 heteroatoms. The Kier molecular flexibility index (Phi) is 7.41. The van der Waals surface area contributed by atoms with Gasteiger partial charge in [0.25, 0.3) is 6.71 Å². The first-order valence-corrected chi connectivity index (χ1v) is 20.6. The Morgan fingerprint density at radius 2 is 1.11 bits per heavy atom. The first-order chi connectivity index (χ1) is 26.5. The molecule has 0 unspecified atom stereocenters. The van der Waals surface area contributed by atoms with Crippen LogP contribution in [0.2, 0.25) is 0 Å². The van der Waals surface area contributed by atoms with E-state index in [1.54, 1.807) is 0 Å². The van der Waals surface area contributed by atoms with Crippen LogP contribution in [0.15, 0.2) is 72.8 Å². The van der Waals surface area contributed by atoms with Crippen molar-refractivity contribution in [2.45, 2.75) is 92.4 Å². The third-order valence-electron chi connectivity index (χ3n) is 12.1. The van der Waals surface area contributed by atoms with E-state index in [-0.39, 0.29) is 36.5 Å². The van der Waals surface area contributed by atoms with E-state index in [1.807, 2.05) is 17.4 Å². The van der Waals surface area contributed by atoms with E-state index in [1.165, 1.54) is 70.7 Å². The van der Waals surface area contributed by atoms with Crippen molar-refractivity contribution < 1.29 is 18.9 Å². The van der Waals surface area contributed by atoms with Crippen LogP contribution in [0.4, 0.5) is 33.4 Å². The van der Waals surface area contributed by atoms with Gasteiger partial charge in [0.15, 0.2) is 23.0 Å². The SMILES string of the molecule is Cc1cc(C(C)(C)C)cc(C)c1N1c2cc(C(C)(C)C)cc3c2B(c2cc4c(cc2N3c2ccc3c(c2)OCO3)OCO4)c2c1sc1ccc(C(C)(C)C)cc21. The monoisotopic (exact) mass is 760 g/mol. The van der Waals surface area contributed by atoms with Gasteiger partial charge in [-0.1, -0.05) is 86.6 Å². The lowest BCUT2D eigenvalue weighted by Crippen LogP contribution is -2.61. The number of ether oxygens (including phenoxy) is 4. The van der Waals surface area contributed by atoms with Crippen molar-refractivity contribution in [2.75, 3.05) is 23.4 Å². The van der Waals surface area contributed by atoms with E-state index in [2.05, 4.69) is 153 Å². The number of aryl methyl sites for hydroxylation is 2. The predicted molar refractivity (Wildman–Crippen MR) is 234 cm³/mol. The van der Waals surface area contributed by atoms with Gasteiger partial charge in [-0.2, -0.15) is 0 Å². The molecule has 5 heterocycles. The number of fused-ring (bicyclic) bond motifs is 8. The van der Waals surface area contributed by atoms with Crippen LogP contribution in [0.25, 0.3) is 10.1 Å². The molecule has 1 aromatic heterocycles. The van der Waals surface area contributed by atoms with Gasteiger partial charge in [-0.3, -0.25) is 0 Å². The lowest BCUT2D eigenvalue weighted by Gasteiger charge is -2.44. The van der Waals surface area contributed by atoms with E-state index in [0.29, 0.717) is 0 Å². The Labute approximate surface area is 335 Å². The number of thiophene rings is 1. The van der Waals surface area contributed by atoms with Crippen LogP contribution in [0.3, 0.4) is 0 Å². The van der Waals surface area contributed by atoms with Gasteiger partial charge in [0.2, 0.25) is 13.6 Å². The van der Waals surface area contributed by atoms with Gasteiger partial charge in [-0.15, -0.1) is 11.3 Å². The van der Waals surface area contributed by atoms with Crippen molar-refractivity contribution in [3.05, 3.63) is 101 Å². The predicted octanol–water partition coefficient (Wildman–Crippen LogP) is 11.0. The third-order valence-corrected chi connectivity index (χ3v) is 13.3. The minimum absolute atomic E-state index is 0.00929. The molecule has 0 saturated heterocycles. The normalized spacial score (nSPS) is 15.4. The lowest BCUT2D eigenvalue weighted by atomic mass is 9.33. The molecule has 0 N–H and O–H groups in total. The maximum atomic E-state index is 6.16. The number of nitrogens with zero attached hydrogens (tertiary/aromatic N) is 2. The maximum Gasteiger partial charge on any atom is 0.254 e. The third kappa shape index (κ3) is 5.21. The zero-order valence-corrected chi connectivity index (χ0v) is 35.2. The van der Waals surface area contributed by atoms with E-state index >= 15 is 0 Å². The number of anilines is 6. The molecular formula is C48H49BN2O4S. The fourth-order valence-corrected chi connectivity index (χ4v) is 10.3. The number of hydrogen-bond donors (Lipinski definition) is 0. The fraction of sp³-hybridized carbons (Fsp3) is 0.333. The van der Waals surface area contributed by atoms with E-state index in [4.69, 9.17) is 18.9 Å². The van der Waals surface area contributed by atoms with Crippen molar-refractivity contribution in [1.82, 2.24) is 0 Å². The second kappa shape index (κ2) is 11.7. The average Bonchev–Trinajstić information content (AvgIpc) is 3.88. The smallest absolute Gasteiger partial charge is 0.254 e. The summed E-state index contributed by atoms with van der Waals surface area (Å²) >= 11 is 1.91. The minimum Gasteiger partial charge on any atom is -0.454 e. The zero-order chi connectivity index (χ0) is 39.2. The molecule has 0 spiro atoms. The molecule has 5 aromatic carbocycles. The van der Waals surface area contributed by atoms with Crippen LogP contribution in [0.5, 0.6) is 23.0 Å². The summed E-state index contributed by atoms with van der Waals surface area (Å²) < 4.78 is 25.4. The van der Waals surface area contributed by atoms with Crippen LogP contribution < -0.4 is 45.1 Å². The molecule has 0 fully saturated rings. The Hall–Kier alpha value is -5.08. The Balaban J connectivity index is 1.36. The maximum absolute atomic E-state index is 6.16. The van der Waals surface area contributed by atoms with E-state index < -0.39 is 0 Å². The number of hydrogen-bond acceptors (Lipinski definition) is 7. The molecule has 0 aliphatic carbocycles. The van der Waals surface area contributed by atoms with Crippen LogP contribution in [0.1, 0.15) is 90.1 Å². The molecule has 6 aromatic rings. The summed E-state index contributed by atoms with van der Waals surface area (Å²) in [5.41, 5.74) is 15.9. The van der Waals surface area contributed by atoms with Crippen LogP contribution in [-0.2, 0) is 16.2 Å². The van der Waals surface area contributed by atoms with Crippen molar-refractivity contribution in [2.24, 2.45) is 0 Å². The summed E-state index contributed by atoms with van der Waals surface area (Å²) in [5, 5.41) is 2.58. The van der Waals surface area contributed by atoms with E-state index in [9.17, 15) is 0 Å². The molecule has 0 atom stereocenters. The van der Waals surface area contributed by atoms with Crippen LogP contribution >= 0.6 is 11.3 Å². The summed E-state index contributed by atoms with van der Waals surface area (Å²) in [6.45, 7) is 25.8. The second-order valence-electron chi connectivity index (χ2n) is 19.1. The van der Waals surface area contributed by atoms with Gasteiger partial charge in [0.05, 0.1) is 16.4 Å². The largest absolute Gasteiger partial charge is 0.454 e. The minimum atomic E-state index is -0.134. The fourth-order valence-electron chi connectivity index (χ4n) is 9.07. The first kappa shape index (κ1) is 35.3. The molecule has 6 nitrogen and oxygen atoms in total. The van der Waals surface area contributed by atoms with Crippen molar-refractivity contribution in [1.29, 1.82) is 0 Å². The molecular weight excluding hydrogens is 711 g/mol. The average molecular weight is 761 g/mol. The molecule has 0 amide bonds. The molecule has 4 aliphatic rings. The summed E-state index contributed by atoms with van der Waals surface area (Å²) in [7, 11) is 0. The van der Waals surface area contributed by atoms with Crippen LogP contribution in [0, 0.1) is 13.8 Å². The standard InChI is InChI=1S/C48H49BN2O4S/c1-26-16-29(47(6,7)8)17-27(2)44(26)51-36-20-30(48(9,10)11)19-35-43(36)49(42-32-18-28(46(3,4)5)12-15-41(32)56-45(42)51)33-22-39-40(55-25-54-39)23-34(33)50(35)31-13-14-37-38(21-31)53-24-52-37/h12-23H,24-25H2,1-11H3. The highest BCUT2D eigenvalue weighted by Gasteiger charge is 2.47. The van der Waals surface area contributed by atoms with Crippen molar-refractivity contribution in [3.8, 4) is 23.0 Å². The van der Waals surface area contributed by atoms with Gasteiger partial charge in [0, 0.05) is 33.9 Å². The van der Waals surface area contributed by atoms with Gasteiger partial charge >= 0.3 is 0 Å². The molecule has 56 heavy (non-hydrogen) atoms. The second-order valence-corrected chi connectivity index (χ2v) is 20.1. The summed E-state index contributed by atoms with van der Waals surface area (Å²) in [5.74, 6) is 3.06. The van der Waals surface area contributed by atoms with Gasteiger partial charge < -0.3 is 28.7 Å². The molecule has 0 saturated carbocycles. The van der Waals surface area contributed by atoms with Crippen molar-refractivity contribution in [3.63, 3.8) is 0 Å². The Morgan fingerprint density at radius 1 is 0.536 bits per heavy atom. The molecule has 0 bridgehead atoms. The number of benzene rings is 5. The quantitative estimate of drug-likeness (QED) is 0.164. The highest BCUT2D eigenvalue weighted by Crippen LogP contribution is 2.52. The molecule has 10 rings (SSSR count). The summed E-state index contributed by atoms with van der Waals surface area (Å²) in [6.07, 6.45) is 0. The Morgan fingerprint density at radius 3 is 1.75 bits per heavy atom. The molecule has 4 aliphatic heterocycles. The highest BCUT2D eigenvalue weighted by atomic mass is 32.1. The van der Waals surface area contributed by atoms with Gasteiger partial charge in [-0.25, -0.2) is 0 Å². The molecule has 284 valence electrons. The summed E-state index contributed by atoms with van der Waals surface area (Å²) in [4.78, 5) is 5.04. The Bertz CT molecular complexity index is 2640. The van der Waals surface area contributed by atoms with E-state index in [0.717, 1.165) is 40.1 Å². The van der Waals surface area contributed by atoms with Crippen molar-refractivity contribution >= 4 is 78.0 Å². The number of rotatable bonds is 2. The molecule has 0 radical (unpaired) electrons. The van der Waals surface area contributed by atoms with Gasteiger partial charge in [-0.05, 0) is 116 Å². The summed E-state index contributed by atoms with van der Waals surface area (Å²) in [6, 6.07) is 27.6. The lowest BCUT2D eigenvalue weighted by molar-refractivity contribution is 0.173.